The number of piperidine rings is 1. The predicted octanol–water partition coefficient (Wildman–Crippen LogP) is -3.55. The van der Waals surface area contributed by atoms with E-state index >= 15 is 0 Å². The van der Waals surface area contributed by atoms with Gasteiger partial charge < -0.3 is 40.5 Å². The number of nitrogens with one attached hydrogen (secondary N) is 1. The number of rotatable bonds is 7. The fourth-order valence-electron chi connectivity index (χ4n) is 4.51. The smallest absolute Gasteiger partial charge is 0.278 e. The van der Waals surface area contributed by atoms with Crippen LogP contribution in [0.5, 0.6) is 0 Å². The third kappa shape index (κ3) is 4.84. The number of anilines is 1. The molecule has 2 unspecified atom stereocenters. The molecule has 14 nitrogen and oxygen atoms in total. The highest BCUT2D eigenvalue weighted by atomic mass is 32.2. The molecule has 3 aliphatic heterocycles. The zero-order valence-electron chi connectivity index (χ0n) is 18.9. The highest BCUT2D eigenvalue weighted by Crippen LogP contribution is 2.41. The minimum Gasteiger partial charge on any atom is -0.543 e. The summed E-state index contributed by atoms with van der Waals surface area (Å²) in [6.45, 7) is 1.07. The SMILES string of the molecule is CO/N=C(\C(=O)NC1C(=O)N2C(C(=O)[O-])=C(C[N@+]3(C)CCC(O)[C@@H](O)C3)CS[C@@H]12)c1nsc(N)n1. The number of nitrogens with two attached hydrogens (primary N) is 1. The Morgan fingerprint density at radius 3 is 2.74 bits per heavy atom. The van der Waals surface area contributed by atoms with Crippen molar-refractivity contribution in [2.75, 3.05) is 45.3 Å². The summed E-state index contributed by atoms with van der Waals surface area (Å²) in [5, 5.41) is 37.6. The molecule has 2 fully saturated rings. The van der Waals surface area contributed by atoms with Gasteiger partial charge in [0.1, 0.15) is 37.7 Å². The van der Waals surface area contributed by atoms with Crippen molar-refractivity contribution < 1.29 is 39.0 Å². The zero-order chi connectivity index (χ0) is 25.5. The topological polar surface area (TPSA) is 203 Å². The van der Waals surface area contributed by atoms with Crippen LogP contribution in [-0.2, 0) is 19.2 Å². The van der Waals surface area contributed by atoms with Crippen LogP contribution in [0.1, 0.15) is 12.2 Å². The first kappa shape index (κ1) is 25.3. The van der Waals surface area contributed by atoms with Crippen molar-refractivity contribution in [1.29, 1.82) is 0 Å². The molecule has 0 aliphatic carbocycles. The highest BCUT2D eigenvalue weighted by molar-refractivity contribution is 8.00. The van der Waals surface area contributed by atoms with E-state index in [2.05, 4.69) is 19.8 Å². The first-order valence-electron chi connectivity index (χ1n) is 10.6. The van der Waals surface area contributed by atoms with Gasteiger partial charge in [0.05, 0.1) is 31.4 Å². The molecule has 2 saturated heterocycles. The van der Waals surface area contributed by atoms with Crippen LogP contribution in [0.25, 0.3) is 0 Å². The molecule has 190 valence electrons. The summed E-state index contributed by atoms with van der Waals surface area (Å²) in [5.74, 6) is -2.63. The van der Waals surface area contributed by atoms with Crippen molar-refractivity contribution in [2.45, 2.75) is 30.0 Å². The largest absolute Gasteiger partial charge is 0.543 e. The van der Waals surface area contributed by atoms with Crippen molar-refractivity contribution in [1.82, 2.24) is 19.6 Å². The van der Waals surface area contributed by atoms with E-state index in [0.717, 1.165) is 16.4 Å². The lowest BCUT2D eigenvalue weighted by Crippen LogP contribution is -2.72. The predicted molar refractivity (Wildman–Crippen MR) is 122 cm³/mol. The summed E-state index contributed by atoms with van der Waals surface area (Å²) >= 11 is 2.17. The van der Waals surface area contributed by atoms with Gasteiger partial charge in [-0.1, -0.05) is 5.16 Å². The fourth-order valence-corrected chi connectivity index (χ4v) is 6.28. The summed E-state index contributed by atoms with van der Waals surface area (Å²) in [4.78, 5) is 47.5. The van der Waals surface area contributed by atoms with E-state index in [1.54, 1.807) is 0 Å². The Balaban J connectivity index is 1.51. The number of aliphatic hydroxyl groups excluding tert-OH is 2. The van der Waals surface area contributed by atoms with E-state index in [1.165, 1.54) is 18.9 Å². The molecule has 0 bridgehead atoms. The van der Waals surface area contributed by atoms with Crippen LogP contribution in [0.15, 0.2) is 16.4 Å². The number of oxime groups is 1. The molecule has 4 rings (SSSR count). The highest BCUT2D eigenvalue weighted by Gasteiger charge is 2.54. The maximum atomic E-state index is 13.0. The molecule has 1 aromatic rings. The maximum absolute atomic E-state index is 13.0. The molecule has 0 saturated carbocycles. The zero-order valence-corrected chi connectivity index (χ0v) is 20.5. The first-order valence-corrected chi connectivity index (χ1v) is 12.5. The Bertz CT molecular complexity index is 1110. The number of β-lactam (4-membered cyclic amide) rings is 1. The minimum absolute atomic E-state index is 0.0600. The van der Waals surface area contributed by atoms with Gasteiger partial charge in [-0.25, -0.2) is 0 Å². The van der Waals surface area contributed by atoms with E-state index in [0.29, 0.717) is 28.8 Å². The van der Waals surface area contributed by atoms with E-state index in [4.69, 9.17) is 10.6 Å². The Morgan fingerprint density at radius 2 is 2.14 bits per heavy atom. The van der Waals surface area contributed by atoms with Crippen LogP contribution >= 0.6 is 23.3 Å². The number of carboxylic acid groups (broad SMARTS) is 1. The first-order chi connectivity index (χ1) is 16.5. The molecule has 16 heteroatoms. The molecule has 3 aliphatic rings. The van der Waals surface area contributed by atoms with Gasteiger partial charge in [-0.2, -0.15) is 9.36 Å². The van der Waals surface area contributed by atoms with Gasteiger partial charge in [0.15, 0.2) is 5.13 Å². The van der Waals surface area contributed by atoms with Gasteiger partial charge >= 0.3 is 0 Å². The molecule has 0 radical (unpaired) electrons. The number of carbonyl (C=O) groups excluding carboxylic acids is 3. The van der Waals surface area contributed by atoms with E-state index in [-0.39, 0.29) is 35.5 Å². The number of aliphatic hydroxyl groups is 2. The summed E-state index contributed by atoms with van der Waals surface area (Å²) in [6.07, 6.45) is -1.35. The number of aromatic nitrogens is 2. The summed E-state index contributed by atoms with van der Waals surface area (Å²) in [7, 11) is 3.10. The average molecular weight is 528 g/mol. The standard InChI is InChI=1S/C19H25N7O7S2/c1-26(4-3-9(27)10(28)6-26)5-8-7-34-17-12(16(30)25(17)13(8)18(31)32)21-15(29)11(23-33-2)14-22-19(20)35-24-14/h9-10,12,17,27-28H,3-7H2,1-2H3,(H3-,20,21,22,24,29,31,32)/b23-11-/t9?,10-,12?,17-,26-/m0/s1. The number of likely N-dealkylation sites (tertiary alicyclic amines) is 1. The molecule has 5 N–H and O–H groups in total. The number of nitrogens with zero attached hydrogens (tertiary/aromatic N) is 5. The molecule has 0 spiro atoms. The minimum atomic E-state index is -1.49. The molecule has 5 atom stereocenters. The Kier molecular flexibility index (Phi) is 7.01. The molecular formula is C19H25N7O7S2. The van der Waals surface area contributed by atoms with Crippen molar-refractivity contribution in [2.24, 2.45) is 5.16 Å². The van der Waals surface area contributed by atoms with Crippen LogP contribution in [0.2, 0.25) is 0 Å². The Hall–Kier alpha value is -2.79. The van der Waals surface area contributed by atoms with E-state index in [1.807, 2.05) is 7.05 Å². The molecule has 1 aromatic heterocycles. The molecule has 4 heterocycles. The van der Waals surface area contributed by atoms with Crippen LogP contribution < -0.4 is 16.2 Å². The van der Waals surface area contributed by atoms with Gasteiger partial charge in [-0.3, -0.25) is 14.5 Å². The van der Waals surface area contributed by atoms with Crippen molar-refractivity contribution in [3.63, 3.8) is 0 Å². The van der Waals surface area contributed by atoms with Crippen LogP contribution in [0.4, 0.5) is 5.13 Å². The second kappa shape index (κ2) is 9.69. The summed E-state index contributed by atoms with van der Waals surface area (Å²) < 4.78 is 4.25. The second-order valence-electron chi connectivity index (χ2n) is 8.79. The van der Waals surface area contributed by atoms with Crippen LogP contribution in [0.3, 0.4) is 0 Å². The van der Waals surface area contributed by atoms with Crippen molar-refractivity contribution >= 4 is 51.9 Å². The molecule has 2 amide bonds. The van der Waals surface area contributed by atoms with Crippen molar-refractivity contribution in [3.05, 3.63) is 17.1 Å². The average Bonchev–Trinajstić information content (AvgIpc) is 3.23. The number of fused-ring (bicyclic) bond motifs is 1. The number of carboxylic acids is 1. The van der Waals surface area contributed by atoms with Crippen LogP contribution in [0, 0.1) is 0 Å². The van der Waals surface area contributed by atoms with Gasteiger partial charge in [0, 0.05) is 29.3 Å². The maximum Gasteiger partial charge on any atom is 0.278 e. The van der Waals surface area contributed by atoms with Gasteiger partial charge in [-0.15, -0.1) is 11.8 Å². The number of carbonyl (C=O) groups is 3. The number of amides is 2. The Morgan fingerprint density at radius 1 is 1.40 bits per heavy atom. The molecular weight excluding hydrogens is 502 g/mol. The lowest BCUT2D eigenvalue weighted by Gasteiger charge is -2.51. The van der Waals surface area contributed by atoms with Gasteiger partial charge in [0.2, 0.25) is 11.5 Å². The normalized spacial score (nSPS) is 31.0. The number of aliphatic carboxylic acids is 1. The van der Waals surface area contributed by atoms with E-state index < -0.39 is 41.4 Å². The number of likely N-dealkylation sites (N-methyl/N-ethyl adjacent to an activating group) is 1. The third-order valence-electron chi connectivity index (χ3n) is 6.19. The summed E-state index contributed by atoms with van der Waals surface area (Å²) in [6, 6.07) is -1.00. The monoisotopic (exact) mass is 527 g/mol. The number of thioether (sulfide) groups is 1. The quantitative estimate of drug-likeness (QED) is 0.118. The second-order valence-corrected chi connectivity index (χ2v) is 10.7. The lowest BCUT2D eigenvalue weighted by molar-refractivity contribution is -0.914. The van der Waals surface area contributed by atoms with Gasteiger partial charge in [0.25, 0.3) is 11.8 Å². The summed E-state index contributed by atoms with van der Waals surface area (Å²) in [5.41, 5.74) is 5.58. The van der Waals surface area contributed by atoms with Crippen molar-refractivity contribution in [3.8, 4) is 0 Å². The van der Waals surface area contributed by atoms with Gasteiger partial charge in [-0.05, 0) is 0 Å². The molecule has 35 heavy (non-hydrogen) atoms. The van der Waals surface area contributed by atoms with E-state index in [9.17, 15) is 29.7 Å². The number of hydrogen-bond donors (Lipinski definition) is 4. The Labute approximate surface area is 208 Å². The van der Waals surface area contributed by atoms with Crippen LogP contribution in [-0.4, -0.2) is 116 Å². The third-order valence-corrected chi connectivity index (χ3v) is 8.07. The fraction of sp³-hybridized carbons (Fsp3) is 0.579. The number of nitrogen functional groups attached to an aromatic ring is 1. The number of quaternary nitrogens is 1. The molecule has 0 aromatic carbocycles. The lowest BCUT2D eigenvalue weighted by atomic mass is 9.99. The number of hydrogen-bond acceptors (Lipinski definition) is 13.